The monoisotopic (exact) mass is 229 g/mol. The molecule has 1 rings (SSSR count). The Morgan fingerprint density at radius 2 is 2.20 bits per heavy atom. The van der Waals surface area contributed by atoms with Crippen molar-refractivity contribution in [2.24, 2.45) is 7.05 Å². The molecule has 0 saturated heterocycles. The standard InChI is InChI=1S/C9H12ClN3O2/c1-6(14)9(15)12(2)5-8-7(10)4-11-13(8)3/h4H,5H2,1-3H3. The summed E-state index contributed by atoms with van der Waals surface area (Å²) in [7, 11) is 3.28. The van der Waals surface area contributed by atoms with E-state index in [1.54, 1.807) is 18.8 Å². The predicted octanol–water partition coefficient (Wildman–Crippen LogP) is 0.621. The lowest BCUT2D eigenvalue weighted by Crippen LogP contribution is -2.32. The maximum absolute atomic E-state index is 11.3. The fraction of sp³-hybridized carbons (Fsp3) is 0.444. The molecular formula is C9H12ClN3O2. The van der Waals surface area contributed by atoms with Crippen molar-refractivity contribution in [3.05, 3.63) is 16.9 Å². The lowest BCUT2D eigenvalue weighted by molar-refractivity contribution is -0.143. The van der Waals surface area contributed by atoms with Gasteiger partial charge in [0.15, 0.2) is 0 Å². The van der Waals surface area contributed by atoms with Crippen molar-refractivity contribution in [3.63, 3.8) is 0 Å². The van der Waals surface area contributed by atoms with Gasteiger partial charge < -0.3 is 4.90 Å². The van der Waals surface area contributed by atoms with E-state index in [0.29, 0.717) is 10.7 Å². The van der Waals surface area contributed by atoms with Crippen molar-refractivity contribution in [3.8, 4) is 0 Å². The Balaban J connectivity index is 2.79. The fourth-order valence-electron chi connectivity index (χ4n) is 1.18. The number of nitrogens with zero attached hydrogens (tertiary/aromatic N) is 3. The molecule has 0 saturated carbocycles. The molecule has 82 valence electrons. The molecule has 0 radical (unpaired) electrons. The summed E-state index contributed by atoms with van der Waals surface area (Å²) in [6, 6.07) is 0. The lowest BCUT2D eigenvalue weighted by Gasteiger charge is -2.15. The quantitative estimate of drug-likeness (QED) is 0.714. The smallest absolute Gasteiger partial charge is 0.289 e. The second-order valence-electron chi connectivity index (χ2n) is 3.28. The number of hydrogen-bond acceptors (Lipinski definition) is 3. The highest BCUT2D eigenvalue weighted by Gasteiger charge is 2.16. The van der Waals surface area contributed by atoms with Crippen molar-refractivity contribution in [2.75, 3.05) is 7.05 Å². The van der Waals surface area contributed by atoms with Crippen LogP contribution in [-0.4, -0.2) is 33.4 Å². The van der Waals surface area contributed by atoms with Crippen LogP contribution in [-0.2, 0) is 23.2 Å². The van der Waals surface area contributed by atoms with Crippen LogP contribution in [0.1, 0.15) is 12.6 Å². The van der Waals surface area contributed by atoms with Crippen LogP contribution in [0, 0.1) is 0 Å². The third-order valence-electron chi connectivity index (χ3n) is 2.05. The first-order valence-electron chi connectivity index (χ1n) is 4.36. The van der Waals surface area contributed by atoms with E-state index in [2.05, 4.69) is 5.10 Å². The number of ketones is 1. The van der Waals surface area contributed by atoms with E-state index < -0.39 is 11.7 Å². The second kappa shape index (κ2) is 4.44. The maximum Gasteiger partial charge on any atom is 0.289 e. The van der Waals surface area contributed by atoms with Crippen LogP contribution < -0.4 is 0 Å². The number of carbonyl (C=O) groups excluding carboxylic acids is 2. The summed E-state index contributed by atoms with van der Waals surface area (Å²) in [6.45, 7) is 1.51. The lowest BCUT2D eigenvalue weighted by atomic mass is 10.3. The summed E-state index contributed by atoms with van der Waals surface area (Å²) in [5.41, 5.74) is 0.703. The second-order valence-corrected chi connectivity index (χ2v) is 3.69. The number of carbonyl (C=O) groups is 2. The van der Waals surface area contributed by atoms with Crippen LogP contribution in [0.2, 0.25) is 5.02 Å². The Bertz CT molecular complexity index is 381. The molecule has 0 N–H and O–H groups in total. The van der Waals surface area contributed by atoms with Crippen molar-refractivity contribution < 1.29 is 9.59 Å². The largest absolute Gasteiger partial charge is 0.333 e. The Kier molecular flexibility index (Phi) is 3.47. The van der Waals surface area contributed by atoms with Gasteiger partial charge in [-0.15, -0.1) is 0 Å². The van der Waals surface area contributed by atoms with E-state index in [0.717, 1.165) is 0 Å². The van der Waals surface area contributed by atoms with Crippen molar-refractivity contribution in [2.45, 2.75) is 13.5 Å². The molecule has 0 atom stereocenters. The fourth-order valence-corrected chi connectivity index (χ4v) is 1.40. The van der Waals surface area contributed by atoms with E-state index >= 15 is 0 Å². The minimum absolute atomic E-state index is 0.272. The van der Waals surface area contributed by atoms with Gasteiger partial charge in [-0.05, 0) is 0 Å². The molecule has 0 aliphatic carbocycles. The van der Waals surface area contributed by atoms with Gasteiger partial charge in [-0.1, -0.05) is 11.6 Å². The summed E-state index contributed by atoms with van der Waals surface area (Å²) < 4.78 is 1.58. The number of rotatable bonds is 3. The normalized spacial score (nSPS) is 10.1. The molecule has 1 amide bonds. The van der Waals surface area contributed by atoms with Gasteiger partial charge in [0.05, 0.1) is 23.5 Å². The van der Waals surface area contributed by atoms with E-state index in [-0.39, 0.29) is 6.54 Å². The van der Waals surface area contributed by atoms with Gasteiger partial charge in [0.1, 0.15) is 0 Å². The molecule has 0 aliphatic heterocycles. The Morgan fingerprint density at radius 1 is 1.60 bits per heavy atom. The van der Waals surface area contributed by atoms with Crippen LogP contribution in [0.3, 0.4) is 0 Å². The summed E-state index contributed by atoms with van der Waals surface area (Å²) in [5.74, 6) is -1.02. The highest BCUT2D eigenvalue weighted by atomic mass is 35.5. The molecule has 1 aromatic rings. The molecular weight excluding hydrogens is 218 g/mol. The zero-order valence-corrected chi connectivity index (χ0v) is 9.58. The number of amides is 1. The number of aromatic nitrogens is 2. The Labute approximate surface area is 92.6 Å². The topological polar surface area (TPSA) is 55.2 Å². The zero-order valence-electron chi connectivity index (χ0n) is 8.82. The van der Waals surface area contributed by atoms with Crippen LogP contribution in [0.5, 0.6) is 0 Å². The number of aryl methyl sites for hydroxylation is 1. The van der Waals surface area contributed by atoms with E-state index in [1.165, 1.54) is 18.0 Å². The highest BCUT2D eigenvalue weighted by molar-refractivity contribution is 6.35. The summed E-state index contributed by atoms with van der Waals surface area (Å²) in [4.78, 5) is 23.4. The first kappa shape index (κ1) is 11.7. The first-order valence-corrected chi connectivity index (χ1v) is 4.73. The highest BCUT2D eigenvalue weighted by Crippen LogP contribution is 2.15. The zero-order chi connectivity index (χ0) is 11.6. The molecule has 1 heterocycles. The van der Waals surface area contributed by atoms with Gasteiger partial charge in [-0.25, -0.2) is 0 Å². The van der Waals surface area contributed by atoms with Crippen LogP contribution in [0.4, 0.5) is 0 Å². The van der Waals surface area contributed by atoms with Crippen LogP contribution in [0.25, 0.3) is 0 Å². The molecule has 0 bridgehead atoms. The minimum Gasteiger partial charge on any atom is -0.333 e. The molecule has 1 aromatic heterocycles. The van der Waals surface area contributed by atoms with Crippen molar-refractivity contribution in [1.29, 1.82) is 0 Å². The van der Waals surface area contributed by atoms with Crippen molar-refractivity contribution in [1.82, 2.24) is 14.7 Å². The van der Waals surface area contributed by atoms with E-state index in [4.69, 9.17) is 11.6 Å². The summed E-state index contributed by atoms with van der Waals surface area (Å²) in [6.07, 6.45) is 1.50. The molecule has 0 aromatic carbocycles. The summed E-state index contributed by atoms with van der Waals surface area (Å²) >= 11 is 5.87. The number of Topliss-reactive ketones (excluding diaryl/α,β-unsaturated/α-hetero) is 1. The van der Waals surface area contributed by atoms with Gasteiger partial charge in [0.25, 0.3) is 5.91 Å². The molecule has 15 heavy (non-hydrogen) atoms. The average molecular weight is 230 g/mol. The molecule has 5 nitrogen and oxygen atoms in total. The Hall–Kier alpha value is -1.36. The number of halogens is 1. The third kappa shape index (κ3) is 2.56. The van der Waals surface area contributed by atoms with Gasteiger partial charge in [-0.3, -0.25) is 14.3 Å². The molecule has 6 heteroatoms. The predicted molar refractivity (Wildman–Crippen MR) is 55.4 cm³/mol. The average Bonchev–Trinajstić information content (AvgIpc) is 2.47. The SMILES string of the molecule is CC(=O)C(=O)N(C)Cc1c(Cl)cnn1C. The van der Waals surface area contributed by atoms with Gasteiger partial charge in [-0.2, -0.15) is 5.10 Å². The van der Waals surface area contributed by atoms with Gasteiger partial charge in [0.2, 0.25) is 5.78 Å². The molecule has 0 spiro atoms. The van der Waals surface area contributed by atoms with E-state index in [1.807, 2.05) is 0 Å². The van der Waals surface area contributed by atoms with Gasteiger partial charge in [0, 0.05) is 21.0 Å². The third-order valence-corrected chi connectivity index (χ3v) is 2.36. The minimum atomic E-state index is -0.535. The molecule has 0 aliphatic rings. The summed E-state index contributed by atoms with van der Waals surface area (Å²) in [5, 5.41) is 4.42. The van der Waals surface area contributed by atoms with E-state index in [9.17, 15) is 9.59 Å². The van der Waals surface area contributed by atoms with Gasteiger partial charge >= 0.3 is 0 Å². The first-order chi connectivity index (χ1) is 6.93. The molecule has 0 unspecified atom stereocenters. The number of hydrogen-bond donors (Lipinski definition) is 0. The van der Waals surface area contributed by atoms with Crippen LogP contribution in [0.15, 0.2) is 6.20 Å². The number of likely N-dealkylation sites (N-methyl/N-ethyl adjacent to an activating group) is 1. The molecule has 0 fully saturated rings. The van der Waals surface area contributed by atoms with Crippen molar-refractivity contribution >= 4 is 23.3 Å². The van der Waals surface area contributed by atoms with Crippen LogP contribution >= 0.6 is 11.6 Å². The Morgan fingerprint density at radius 3 is 2.60 bits per heavy atom. The maximum atomic E-state index is 11.3.